The van der Waals surface area contributed by atoms with Gasteiger partial charge in [-0.2, -0.15) is 0 Å². The van der Waals surface area contributed by atoms with Gasteiger partial charge in [0.2, 0.25) is 0 Å². The average molecular weight is 526 g/mol. The van der Waals surface area contributed by atoms with Crippen molar-refractivity contribution in [3.63, 3.8) is 0 Å². The number of carboxylic acids is 1. The summed E-state index contributed by atoms with van der Waals surface area (Å²) in [5, 5.41) is 9.29. The topological polar surface area (TPSA) is 85.3 Å². The zero-order valence-electron chi connectivity index (χ0n) is 22.9. The van der Waals surface area contributed by atoms with Crippen LogP contribution in [0.2, 0.25) is 0 Å². The van der Waals surface area contributed by atoms with Crippen molar-refractivity contribution in [3.8, 4) is 11.5 Å². The third-order valence-electron chi connectivity index (χ3n) is 7.09. The maximum absolute atomic E-state index is 13.0. The van der Waals surface area contributed by atoms with E-state index in [2.05, 4.69) is 0 Å². The molecule has 0 bridgehead atoms. The van der Waals surface area contributed by atoms with Crippen molar-refractivity contribution in [2.45, 2.75) is 77.7 Å². The highest BCUT2D eigenvalue weighted by Crippen LogP contribution is 2.27. The molecule has 1 N–H and O–H groups in total. The minimum Gasteiger partial charge on any atom is -0.492 e. The number of benzene rings is 2. The Bertz CT molecular complexity index is 986. The molecule has 1 amide bonds. The molecule has 0 radical (unpaired) electrons. The van der Waals surface area contributed by atoms with Gasteiger partial charge in [0.05, 0.1) is 6.54 Å². The van der Waals surface area contributed by atoms with E-state index in [4.69, 9.17) is 14.2 Å². The Hall–Kier alpha value is -3.06. The summed E-state index contributed by atoms with van der Waals surface area (Å²) in [5.74, 6) is 1.08. The van der Waals surface area contributed by atoms with Crippen molar-refractivity contribution in [1.82, 2.24) is 4.90 Å². The molecule has 2 aromatic carbocycles. The predicted octanol–water partition coefficient (Wildman–Crippen LogP) is 6.66. The Morgan fingerprint density at radius 2 is 1.76 bits per heavy atom. The first kappa shape index (κ1) is 29.5. The van der Waals surface area contributed by atoms with Gasteiger partial charge in [0.1, 0.15) is 18.1 Å². The fourth-order valence-corrected chi connectivity index (χ4v) is 4.98. The van der Waals surface area contributed by atoms with E-state index in [1.165, 1.54) is 38.5 Å². The number of carbonyl (C=O) groups excluding carboxylic acids is 1. The Balaban J connectivity index is 1.51. The Labute approximate surface area is 227 Å². The summed E-state index contributed by atoms with van der Waals surface area (Å²) < 4.78 is 16.9. The largest absolute Gasteiger partial charge is 0.492 e. The predicted molar refractivity (Wildman–Crippen MR) is 148 cm³/mol. The summed E-state index contributed by atoms with van der Waals surface area (Å²) >= 11 is 0. The standard InChI is InChI=1S/C31H43NO6/c1-3-36-29(30(33)34)23-26-15-17-27(18-16-26)37-21-20-32(19-8-7-13-25-11-5-4-6-12-25)31(35)38-28-14-9-10-24(2)22-28/h9-10,14-18,22,25,29H,3-8,11-13,19-21,23H2,1-2H3,(H,33,34). The molecule has 1 saturated carbocycles. The third kappa shape index (κ3) is 10.4. The normalized spacial score (nSPS) is 14.6. The van der Waals surface area contributed by atoms with Gasteiger partial charge in [-0.3, -0.25) is 0 Å². The number of hydrogen-bond donors (Lipinski definition) is 1. The van der Waals surface area contributed by atoms with E-state index in [9.17, 15) is 14.7 Å². The molecule has 38 heavy (non-hydrogen) atoms. The molecular weight excluding hydrogens is 482 g/mol. The van der Waals surface area contributed by atoms with Gasteiger partial charge in [0.15, 0.2) is 6.10 Å². The molecule has 0 spiro atoms. The zero-order valence-corrected chi connectivity index (χ0v) is 22.9. The summed E-state index contributed by atoms with van der Waals surface area (Å²) in [6, 6.07) is 14.8. The fraction of sp³-hybridized carbons (Fsp3) is 0.548. The fourth-order valence-electron chi connectivity index (χ4n) is 4.98. The molecule has 7 heteroatoms. The van der Waals surface area contributed by atoms with Crippen LogP contribution in [0.5, 0.6) is 11.5 Å². The van der Waals surface area contributed by atoms with Gasteiger partial charge >= 0.3 is 12.1 Å². The van der Waals surface area contributed by atoms with Gasteiger partial charge in [-0.05, 0) is 61.6 Å². The zero-order chi connectivity index (χ0) is 27.2. The van der Waals surface area contributed by atoms with Crippen LogP contribution in [0, 0.1) is 12.8 Å². The second kappa shape index (κ2) is 16.0. The lowest BCUT2D eigenvalue weighted by Gasteiger charge is -2.24. The summed E-state index contributed by atoms with van der Waals surface area (Å²) in [6.07, 6.45) is 9.12. The first-order chi connectivity index (χ1) is 18.4. The number of hydrogen-bond acceptors (Lipinski definition) is 5. The summed E-state index contributed by atoms with van der Waals surface area (Å²) in [6.45, 7) is 5.49. The smallest absolute Gasteiger partial charge is 0.415 e. The van der Waals surface area contributed by atoms with Crippen LogP contribution in [0.15, 0.2) is 48.5 Å². The second-order valence-electron chi connectivity index (χ2n) is 10.2. The number of aryl methyl sites for hydroxylation is 1. The van der Waals surface area contributed by atoms with E-state index in [-0.39, 0.29) is 6.09 Å². The molecule has 3 rings (SSSR count). The lowest BCUT2D eigenvalue weighted by Crippen LogP contribution is -2.37. The number of ether oxygens (including phenoxy) is 3. The molecule has 0 aromatic heterocycles. The van der Waals surface area contributed by atoms with Gasteiger partial charge in [0, 0.05) is 19.6 Å². The van der Waals surface area contributed by atoms with Crippen molar-refractivity contribution < 1.29 is 28.9 Å². The number of nitrogens with zero attached hydrogens (tertiary/aromatic N) is 1. The van der Waals surface area contributed by atoms with Crippen molar-refractivity contribution in [1.29, 1.82) is 0 Å². The van der Waals surface area contributed by atoms with E-state index in [0.29, 0.717) is 44.2 Å². The van der Waals surface area contributed by atoms with Crippen LogP contribution < -0.4 is 9.47 Å². The highest BCUT2D eigenvalue weighted by molar-refractivity contribution is 5.72. The van der Waals surface area contributed by atoms with Gasteiger partial charge in [-0.1, -0.05) is 69.2 Å². The van der Waals surface area contributed by atoms with E-state index < -0.39 is 12.1 Å². The van der Waals surface area contributed by atoms with E-state index in [0.717, 1.165) is 29.9 Å². The molecule has 1 atom stereocenters. The molecule has 1 aliphatic rings. The number of aliphatic carboxylic acids is 1. The highest BCUT2D eigenvalue weighted by Gasteiger charge is 2.19. The van der Waals surface area contributed by atoms with Gasteiger partial charge < -0.3 is 24.2 Å². The third-order valence-corrected chi connectivity index (χ3v) is 7.09. The first-order valence-electron chi connectivity index (χ1n) is 14.0. The van der Waals surface area contributed by atoms with Crippen LogP contribution in [-0.2, 0) is 16.0 Å². The highest BCUT2D eigenvalue weighted by atomic mass is 16.6. The van der Waals surface area contributed by atoms with E-state index in [1.807, 2.05) is 49.4 Å². The molecular formula is C31H43NO6. The van der Waals surface area contributed by atoms with Crippen LogP contribution in [0.25, 0.3) is 0 Å². The summed E-state index contributed by atoms with van der Waals surface area (Å²) in [4.78, 5) is 26.1. The maximum Gasteiger partial charge on any atom is 0.415 e. The number of rotatable bonds is 15. The molecule has 1 unspecified atom stereocenters. The molecule has 1 aliphatic carbocycles. The monoisotopic (exact) mass is 525 g/mol. The van der Waals surface area contributed by atoms with Crippen LogP contribution in [-0.4, -0.2) is 54.5 Å². The van der Waals surface area contributed by atoms with Crippen molar-refractivity contribution >= 4 is 12.1 Å². The Kier molecular flexibility index (Phi) is 12.4. The second-order valence-corrected chi connectivity index (χ2v) is 10.2. The number of unbranched alkanes of at least 4 members (excludes halogenated alkanes) is 1. The Morgan fingerprint density at radius 3 is 2.45 bits per heavy atom. The van der Waals surface area contributed by atoms with Crippen LogP contribution >= 0.6 is 0 Å². The minimum absolute atomic E-state index is 0.295. The van der Waals surface area contributed by atoms with Crippen molar-refractivity contribution in [3.05, 3.63) is 59.7 Å². The number of carboxylic acid groups (broad SMARTS) is 1. The van der Waals surface area contributed by atoms with E-state index >= 15 is 0 Å². The van der Waals surface area contributed by atoms with Gasteiger partial charge in [-0.15, -0.1) is 0 Å². The van der Waals surface area contributed by atoms with Gasteiger partial charge in [-0.25, -0.2) is 9.59 Å². The van der Waals surface area contributed by atoms with Crippen LogP contribution in [0.1, 0.15) is 69.4 Å². The summed E-state index contributed by atoms with van der Waals surface area (Å²) in [7, 11) is 0. The summed E-state index contributed by atoms with van der Waals surface area (Å²) in [5.41, 5.74) is 1.90. The maximum atomic E-state index is 13.0. The lowest BCUT2D eigenvalue weighted by molar-refractivity contribution is -0.149. The number of carbonyl (C=O) groups is 2. The molecule has 0 aliphatic heterocycles. The molecule has 1 fully saturated rings. The molecule has 0 saturated heterocycles. The Morgan fingerprint density at radius 1 is 1.00 bits per heavy atom. The quantitative estimate of drug-likeness (QED) is 0.262. The SMILES string of the molecule is CCOC(Cc1ccc(OCCN(CCCCC2CCCCC2)C(=O)Oc2cccc(C)c2)cc1)C(=O)O. The molecule has 0 heterocycles. The van der Waals surface area contributed by atoms with Crippen LogP contribution in [0.3, 0.4) is 0 Å². The molecule has 208 valence electrons. The number of amides is 1. The van der Waals surface area contributed by atoms with Crippen molar-refractivity contribution in [2.24, 2.45) is 5.92 Å². The lowest BCUT2D eigenvalue weighted by atomic mass is 9.86. The first-order valence-corrected chi connectivity index (χ1v) is 14.0. The van der Waals surface area contributed by atoms with E-state index in [1.54, 1.807) is 17.9 Å². The minimum atomic E-state index is -0.969. The van der Waals surface area contributed by atoms with Crippen LogP contribution in [0.4, 0.5) is 4.79 Å². The molecule has 2 aromatic rings. The average Bonchev–Trinajstić information content (AvgIpc) is 2.91. The van der Waals surface area contributed by atoms with Crippen molar-refractivity contribution in [2.75, 3.05) is 26.3 Å². The molecule has 7 nitrogen and oxygen atoms in total. The van der Waals surface area contributed by atoms with Gasteiger partial charge in [0.25, 0.3) is 0 Å².